The quantitative estimate of drug-likeness (QED) is 0.635. The molecule has 4 nitrogen and oxygen atoms in total. The summed E-state index contributed by atoms with van der Waals surface area (Å²) in [5.74, 6) is 1.59. The van der Waals surface area contributed by atoms with Crippen molar-refractivity contribution in [3.63, 3.8) is 0 Å². The number of benzene rings is 1. The van der Waals surface area contributed by atoms with E-state index in [0.29, 0.717) is 23.2 Å². The number of anilines is 3. The number of hydrogen-bond donors (Lipinski definition) is 2. The lowest BCUT2D eigenvalue weighted by molar-refractivity contribution is 0.888. The molecule has 0 amide bonds. The molecule has 6 heteroatoms. The van der Waals surface area contributed by atoms with Gasteiger partial charge in [0.15, 0.2) is 11.0 Å². The van der Waals surface area contributed by atoms with Gasteiger partial charge >= 0.3 is 0 Å². The summed E-state index contributed by atoms with van der Waals surface area (Å²) < 4.78 is 0. The highest BCUT2D eigenvalue weighted by Gasteiger charge is 2.09. The first-order valence-corrected chi connectivity index (χ1v) is 7.73. The molecule has 0 saturated carbocycles. The van der Waals surface area contributed by atoms with Crippen molar-refractivity contribution in [2.24, 2.45) is 0 Å². The Hall–Kier alpha value is -1.33. The number of nitrogens with one attached hydrogen (secondary N) is 1. The minimum atomic E-state index is 0.268. The summed E-state index contributed by atoms with van der Waals surface area (Å²) in [4.78, 5) is 8.27. The van der Waals surface area contributed by atoms with E-state index in [-0.39, 0.29) is 5.15 Å². The number of nitrogens with two attached hydrogens (primary N) is 1. The molecule has 1 aromatic heterocycles. The molecular weight excluding hydrogens is 340 g/mol. The van der Waals surface area contributed by atoms with Crippen molar-refractivity contribution in [1.82, 2.24) is 9.97 Å². The van der Waals surface area contributed by atoms with Crippen LogP contribution in [0.3, 0.4) is 0 Å². The number of aryl methyl sites for hydroxylation is 1. The van der Waals surface area contributed by atoms with E-state index in [0.717, 1.165) is 11.0 Å². The zero-order valence-electron chi connectivity index (χ0n) is 11.3. The summed E-state index contributed by atoms with van der Waals surface area (Å²) in [5, 5.41) is 4.37. The third kappa shape index (κ3) is 3.41. The highest BCUT2D eigenvalue weighted by Crippen LogP contribution is 2.27. The third-order valence-electron chi connectivity index (χ3n) is 2.98. The highest BCUT2D eigenvalue weighted by molar-refractivity contribution is 9.09. The largest absolute Gasteiger partial charge is 0.393 e. The molecule has 0 bridgehead atoms. The second kappa shape index (κ2) is 6.41. The van der Waals surface area contributed by atoms with Gasteiger partial charge in [0, 0.05) is 11.0 Å². The zero-order valence-corrected chi connectivity index (χ0v) is 13.7. The van der Waals surface area contributed by atoms with Crippen LogP contribution in [0.25, 0.3) is 0 Å². The van der Waals surface area contributed by atoms with Gasteiger partial charge in [-0.2, -0.15) is 0 Å². The number of nitrogen functional groups attached to an aromatic ring is 1. The van der Waals surface area contributed by atoms with Gasteiger partial charge < -0.3 is 11.1 Å². The maximum absolute atomic E-state index is 5.95. The summed E-state index contributed by atoms with van der Waals surface area (Å²) in [7, 11) is 0. The van der Waals surface area contributed by atoms with Crippen LogP contribution in [0, 0.1) is 6.92 Å². The van der Waals surface area contributed by atoms with Gasteiger partial charge in [-0.05, 0) is 30.5 Å². The fourth-order valence-electron chi connectivity index (χ4n) is 1.76. The molecule has 0 saturated heterocycles. The molecule has 1 unspecified atom stereocenters. The predicted molar refractivity (Wildman–Crippen MR) is 88.1 cm³/mol. The lowest BCUT2D eigenvalue weighted by atomic mass is 10.0. The zero-order chi connectivity index (χ0) is 14.7. The summed E-state index contributed by atoms with van der Waals surface area (Å²) in [6, 6.07) is 8.17. The molecule has 1 heterocycles. The van der Waals surface area contributed by atoms with Crippen molar-refractivity contribution in [3.8, 4) is 0 Å². The fraction of sp³-hybridized carbons (Fsp3) is 0.286. The van der Waals surface area contributed by atoms with Crippen LogP contribution in [-0.2, 0) is 0 Å². The van der Waals surface area contributed by atoms with Crippen molar-refractivity contribution >= 4 is 44.7 Å². The molecule has 0 aliphatic rings. The van der Waals surface area contributed by atoms with Gasteiger partial charge in [-0.1, -0.05) is 46.6 Å². The van der Waals surface area contributed by atoms with Crippen LogP contribution >= 0.6 is 27.5 Å². The maximum atomic E-state index is 5.95. The number of aromatic nitrogens is 2. The fourth-order valence-corrected chi connectivity index (χ4v) is 2.35. The van der Waals surface area contributed by atoms with E-state index in [1.807, 2.05) is 12.1 Å². The van der Waals surface area contributed by atoms with E-state index >= 15 is 0 Å². The number of rotatable bonds is 4. The standard InChI is InChI=1S/C14H16BrClN4/c1-8(7-15)10-3-5-11(6-4-10)20-14-12(17)13(16)18-9(2)19-14/h3-6,8H,7,17H2,1-2H3,(H,18,19,20). The lowest BCUT2D eigenvalue weighted by Crippen LogP contribution is -2.03. The molecule has 0 spiro atoms. The molecule has 0 radical (unpaired) electrons. The molecule has 0 fully saturated rings. The second-order valence-corrected chi connectivity index (χ2v) is 5.63. The highest BCUT2D eigenvalue weighted by atomic mass is 79.9. The Balaban J connectivity index is 2.22. The molecular formula is C14H16BrClN4. The van der Waals surface area contributed by atoms with Crippen LogP contribution < -0.4 is 11.1 Å². The van der Waals surface area contributed by atoms with E-state index in [1.54, 1.807) is 6.92 Å². The maximum Gasteiger partial charge on any atom is 0.158 e. The van der Waals surface area contributed by atoms with E-state index in [9.17, 15) is 0 Å². The number of hydrogen-bond acceptors (Lipinski definition) is 4. The molecule has 3 N–H and O–H groups in total. The van der Waals surface area contributed by atoms with Gasteiger partial charge in [0.1, 0.15) is 11.5 Å². The van der Waals surface area contributed by atoms with Gasteiger partial charge in [-0.15, -0.1) is 0 Å². The average Bonchev–Trinajstić information content (AvgIpc) is 2.44. The first-order chi connectivity index (χ1) is 9.51. The van der Waals surface area contributed by atoms with Gasteiger partial charge in [-0.3, -0.25) is 0 Å². The van der Waals surface area contributed by atoms with Crippen molar-refractivity contribution in [1.29, 1.82) is 0 Å². The summed E-state index contributed by atoms with van der Waals surface area (Å²) in [6.45, 7) is 3.94. The second-order valence-electron chi connectivity index (χ2n) is 4.63. The Labute approximate surface area is 131 Å². The molecule has 2 rings (SSSR count). The Morgan fingerprint density at radius 1 is 1.30 bits per heavy atom. The van der Waals surface area contributed by atoms with Crippen LogP contribution in [0.4, 0.5) is 17.2 Å². The first kappa shape index (κ1) is 15.1. The van der Waals surface area contributed by atoms with E-state index in [2.05, 4.69) is 50.3 Å². The van der Waals surface area contributed by atoms with Gasteiger partial charge in [0.05, 0.1) is 0 Å². The molecule has 20 heavy (non-hydrogen) atoms. The van der Waals surface area contributed by atoms with Crippen LogP contribution in [0.5, 0.6) is 0 Å². The van der Waals surface area contributed by atoms with Crippen LogP contribution in [-0.4, -0.2) is 15.3 Å². The summed E-state index contributed by atoms with van der Waals surface area (Å²) in [6.07, 6.45) is 0. The van der Waals surface area contributed by atoms with E-state index in [4.69, 9.17) is 17.3 Å². The third-order valence-corrected chi connectivity index (χ3v) is 4.24. The Morgan fingerprint density at radius 2 is 1.95 bits per heavy atom. The average molecular weight is 356 g/mol. The monoisotopic (exact) mass is 354 g/mol. The van der Waals surface area contributed by atoms with Crippen molar-refractivity contribution in [2.75, 3.05) is 16.4 Å². The molecule has 0 aliphatic heterocycles. The topological polar surface area (TPSA) is 63.8 Å². The van der Waals surface area contributed by atoms with Crippen molar-refractivity contribution in [3.05, 3.63) is 40.8 Å². The molecule has 106 valence electrons. The van der Waals surface area contributed by atoms with Crippen LogP contribution in [0.1, 0.15) is 24.2 Å². The van der Waals surface area contributed by atoms with Crippen molar-refractivity contribution < 1.29 is 0 Å². The van der Waals surface area contributed by atoms with Gasteiger partial charge in [-0.25, -0.2) is 9.97 Å². The smallest absolute Gasteiger partial charge is 0.158 e. The van der Waals surface area contributed by atoms with E-state index < -0.39 is 0 Å². The van der Waals surface area contributed by atoms with Crippen molar-refractivity contribution in [2.45, 2.75) is 19.8 Å². The lowest BCUT2D eigenvalue weighted by Gasteiger charge is -2.12. The van der Waals surface area contributed by atoms with Gasteiger partial charge in [0.2, 0.25) is 0 Å². The predicted octanol–water partition coefficient (Wildman–Crippen LogP) is 4.26. The number of halogens is 2. The Morgan fingerprint density at radius 3 is 2.55 bits per heavy atom. The molecule has 0 aliphatic carbocycles. The van der Waals surface area contributed by atoms with E-state index in [1.165, 1.54) is 5.56 Å². The summed E-state index contributed by atoms with van der Waals surface area (Å²) >= 11 is 9.44. The number of nitrogens with zero attached hydrogens (tertiary/aromatic N) is 2. The Kier molecular flexibility index (Phi) is 4.83. The van der Waals surface area contributed by atoms with Crippen LogP contribution in [0.15, 0.2) is 24.3 Å². The van der Waals surface area contributed by atoms with Gasteiger partial charge in [0.25, 0.3) is 0 Å². The summed E-state index contributed by atoms with van der Waals surface area (Å²) in [5.41, 5.74) is 8.42. The first-order valence-electron chi connectivity index (χ1n) is 6.23. The number of alkyl halides is 1. The minimum absolute atomic E-state index is 0.268. The van der Waals surface area contributed by atoms with Crippen LogP contribution in [0.2, 0.25) is 5.15 Å². The Bertz CT molecular complexity index is 601. The molecule has 1 atom stereocenters. The normalized spacial score (nSPS) is 12.2. The SMILES string of the molecule is Cc1nc(Cl)c(N)c(Nc2ccc(C(C)CBr)cc2)n1. The molecule has 2 aromatic rings. The minimum Gasteiger partial charge on any atom is -0.393 e. The molecule has 1 aromatic carbocycles.